The van der Waals surface area contributed by atoms with E-state index in [-0.39, 0.29) is 0 Å². The molecular weight excluding hydrogens is 349 g/mol. The predicted octanol–water partition coefficient (Wildman–Crippen LogP) is 2.48. The zero-order valence-electron chi connectivity index (χ0n) is 10.2. The Bertz CT molecular complexity index is 573. The molecule has 0 radical (unpaired) electrons. The molecule has 2 rings (SSSR count). The molecule has 1 atom stereocenters. The number of nitrogens with one attached hydrogen (secondary N) is 1. The van der Waals surface area contributed by atoms with E-state index in [0.717, 1.165) is 17.5 Å². The van der Waals surface area contributed by atoms with Crippen molar-refractivity contribution in [1.29, 1.82) is 0 Å². The largest absolute Gasteiger partial charge is 0.358 e. The lowest BCUT2D eigenvalue weighted by Gasteiger charge is -2.26. The smallest absolute Gasteiger partial charge is 0.338 e. The second-order valence-corrected chi connectivity index (χ2v) is 8.04. The summed E-state index contributed by atoms with van der Waals surface area (Å²) >= 11 is 16.3. The number of hydrogen-bond donors (Lipinski definition) is 1. The second-order valence-electron chi connectivity index (χ2n) is 4.15. The van der Waals surface area contributed by atoms with Crippen molar-refractivity contribution in [2.45, 2.75) is 16.4 Å². The fraction of sp³-hybridized carbons (Fsp3) is 0.455. The number of benzene rings is 1. The summed E-state index contributed by atoms with van der Waals surface area (Å²) in [7, 11) is -4.09. The normalized spacial score (nSPS) is 19.6. The maximum atomic E-state index is 11.8. The van der Waals surface area contributed by atoms with Gasteiger partial charge >= 0.3 is 10.3 Å². The molecule has 1 aromatic carbocycles. The van der Waals surface area contributed by atoms with Crippen LogP contribution < -0.4 is 4.72 Å². The van der Waals surface area contributed by atoms with Crippen molar-refractivity contribution in [3.05, 3.63) is 35.4 Å². The summed E-state index contributed by atoms with van der Waals surface area (Å²) in [5, 5.41) is 0. The van der Waals surface area contributed by atoms with Crippen LogP contribution in [0, 0.1) is 0 Å². The molecule has 0 bridgehead atoms. The fourth-order valence-electron chi connectivity index (χ4n) is 1.80. The minimum Gasteiger partial charge on any atom is -0.358 e. The van der Waals surface area contributed by atoms with Gasteiger partial charge in [-0.15, -0.1) is 0 Å². The molecule has 0 aromatic heterocycles. The Morgan fingerprint density at radius 2 is 2.05 bits per heavy atom. The second kappa shape index (κ2) is 6.36. The molecule has 5 nitrogen and oxygen atoms in total. The van der Waals surface area contributed by atoms with Gasteiger partial charge in [-0.05, 0) is 17.5 Å². The first kappa shape index (κ1) is 16.3. The average molecular weight is 361 g/mol. The van der Waals surface area contributed by atoms with Crippen LogP contribution in [-0.4, -0.2) is 25.4 Å². The third-order valence-corrected chi connectivity index (χ3v) is 3.88. The summed E-state index contributed by atoms with van der Waals surface area (Å²) < 4.78 is 34.0. The number of fused-ring (bicyclic) bond motifs is 1. The maximum absolute atomic E-state index is 11.8. The predicted molar refractivity (Wildman–Crippen MR) is 77.1 cm³/mol. The first-order valence-corrected chi connectivity index (χ1v) is 8.24. The van der Waals surface area contributed by atoms with E-state index in [9.17, 15) is 8.42 Å². The van der Waals surface area contributed by atoms with Crippen LogP contribution in [0.5, 0.6) is 0 Å². The van der Waals surface area contributed by atoms with E-state index in [1.54, 1.807) is 12.1 Å². The first-order valence-electron chi connectivity index (χ1n) is 5.70. The van der Waals surface area contributed by atoms with Gasteiger partial charge in [-0.1, -0.05) is 59.1 Å². The summed E-state index contributed by atoms with van der Waals surface area (Å²) in [6.07, 6.45) is -0.0796. The third-order valence-electron chi connectivity index (χ3n) is 2.62. The van der Waals surface area contributed by atoms with Gasteiger partial charge in [0.05, 0.1) is 6.61 Å². The van der Waals surface area contributed by atoms with Gasteiger partial charge < -0.3 is 4.74 Å². The minimum atomic E-state index is -4.09. The van der Waals surface area contributed by atoms with Crippen LogP contribution in [0.2, 0.25) is 0 Å². The van der Waals surface area contributed by atoms with Crippen LogP contribution in [-0.2, 0) is 25.6 Å². The third kappa shape index (κ3) is 4.73. The summed E-state index contributed by atoms with van der Waals surface area (Å²) in [4.78, 5) is 0. The number of halogens is 3. The van der Waals surface area contributed by atoms with Crippen LogP contribution in [0.15, 0.2) is 24.3 Å². The quantitative estimate of drug-likeness (QED) is 0.838. The summed E-state index contributed by atoms with van der Waals surface area (Å²) in [5.41, 5.74) is 1.77. The van der Waals surface area contributed by atoms with Gasteiger partial charge in [0, 0.05) is 0 Å². The van der Waals surface area contributed by atoms with Gasteiger partial charge in [-0.3, -0.25) is 4.18 Å². The molecule has 0 fully saturated rings. The molecule has 0 aliphatic carbocycles. The summed E-state index contributed by atoms with van der Waals surface area (Å²) in [6, 6.07) is 7.39. The lowest BCUT2D eigenvalue weighted by molar-refractivity contribution is 0.0323. The van der Waals surface area contributed by atoms with E-state index >= 15 is 0 Å². The van der Waals surface area contributed by atoms with Crippen LogP contribution in [0.1, 0.15) is 17.4 Å². The minimum absolute atomic E-state index is 0.411. The highest BCUT2D eigenvalue weighted by molar-refractivity contribution is 7.84. The molecule has 1 aromatic rings. The van der Waals surface area contributed by atoms with Gasteiger partial charge in [0.15, 0.2) is 0 Å². The number of rotatable bonds is 4. The molecular formula is C11H12Cl3NO4S. The molecule has 1 aliphatic heterocycles. The van der Waals surface area contributed by atoms with Gasteiger partial charge in [-0.2, -0.15) is 13.1 Å². The highest BCUT2D eigenvalue weighted by atomic mass is 35.6. The molecule has 9 heteroatoms. The summed E-state index contributed by atoms with van der Waals surface area (Å²) in [6.45, 7) is -0.171. The highest BCUT2D eigenvalue weighted by Crippen LogP contribution is 2.28. The number of hydrogen-bond acceptors (Lipinski definition) is 4. The Morgan fingerprint density at radius 3 is 2.75 bits per heavy atom. The molecule has 0 amide bonds. The van der Waals surface area contributed by atoms with Crippen molar-refractivity contribution in [3.8, 4) is 0 Å². The number of ether oxygens (including phenoxy) is 1. The van der Waals surface area contributed by atoms with E-state index < -0.39 is 26.9 Å². The van der Waals surface area contributed by atoms with Gasteiger partial charge in [0.25, 0.3) is 0 Å². The van der Waals surface area contributed by atoms with Crippen LogP contribution in [0.4, 0.5) is 0 Å². The standard InChI is InChI=1S/C11H12Cl3NO4S/c12-11(13,14)7-19-20(16,17)15-10-9-4-2-1-3-8(9)5-6-18-10/h1-4,10,15H,5-7H2. The van der Waals surface area contributed by atoms with Crippen molar-refractivity contribution >= 4 is 45.1 Å². The Kier molecular flexibility index (Phi) is 5.18. The fourth-order valence-corrected chi connectivity index (χ4v) is 3.02. The molecule has 112 valence electrons. The Hall–Kier alpha value is -0.0800. The van der Waals surface area contributed by atoms with E-state index in [0.29, 0.717) is 6.61 Å². The lowest BCUT2D eigenvalue weighted by atomic mass is 10.0. The van der Waals surface area contributed by atoms with Crippen molar-refractivity contribution in [3.63, 3.8) is 0 Å². The van der Waals surface area contributed by atoms with Crippen LogP contribution >= 0.6 is 34.8 Å². The molecule has 20 heavy (non-hydrogen) atoms. The van der Waals surface area contributed by atoms with E-state index in [1.807, 2.05) is 12.1 Å². The summed E-state index contributed by atoms with van der Waals surface area (Å²) in [5.74, 6) is 0. The highest BCUT2D eigenvalue weighted by Gasteiger charge is 2.29. The Morgan fingerprint density at radius 1 is 1.35 bits per heavy atom. The molecule has 0 saturated heterocycles. The lowest BCUT2D eigenvalue weighted by Crippen LogP contribution is -2.36. The van der Waals surface area contributed by atoms with Crippen LogP contribution in [0.25, 0.3) is 0 Å². The van der Waals surface area contributed by atoms with Gasteiger partial charge in [-0.25, -0.2) is 0 Å². The Labute approximate surface area is 132 Å². The zero-order chi connectivity index (χ0) is 14.8. The van der Waals surface area contributed by atoms with E-state index in [1.165, 1.54) is 0 Å². The molecule has 0 spiro atoms. The molecule has 1 N–H and O–H groups in total. The molecule has 1 aliphatic rings. The monoisotopic (exact) mass is 359 g/mol. The van der Waals surface area contributed by atoms with Crippen molar-refractivity contribution in [1.82, 2.24) is 4.72 Å². The molecule has 1 unspecified atom stereocenters. The van der Waals surface area contributed by atoms with Crippen molar-refractivity contribution in [2.75, 3.05) is 13.2 Å². The van der Waals surface area contributed by atoms with E-state index in [4.69, 9.17) is 39.5 Å². The first-order chi connectivity index (χ1) is 9.27. The molecule has 0 saturated carbocycles. The maximum Gasteiger partial charge on any atom is 0.338 e. The SMILES string of the molecule is O=S(=O)(NC1OCCc2ccccc21)OCC(Cl)(Cl)Cl. The Balaban J connectivity index is 2.07. The van der Waals surface area contributed by atoms with Gasteiger partial charge in [0.1, 0.15) is 12.8 Å². The average Bonchev–Trinajstić information content (AvgIpc) is 2.36. The topological polar surface area (TPSA) is 64.6 Å². The number of alkyl halides is 3. The van der Waals surface area contributed by atoms with Crippen molar-refractivity contribution in [2.24, 2.45) is 0 Å². The van der Waals surface area contributed by atoms with Crippen molar-refractivity contribution < 1.29 is 17.3 Å². The van der Waals surface area contributed by atoms with Crippen LogP contribution in [0.3, 0.4) is 0 Å². The molecule has 1 heterocycles. The zero-order valence-corrected chi connectivity index (χ0v) is 13.3. The van der Waals surface area contributed by atoms with E-state index in [2.05, 4.69) is 8.91 Å². The van der Waals surface area contributed by atoms with Gasteiger partial charge in [0.2, 0.25) is 3.79 Å².